The van der Waals surface area contributed by atoms with E-state index in [1.807, 2.05) is 29.2 Å². The molecular weight excluding hydrogens is 385 g/mol. The fourth-order valence-electron chi connectivity index (χ4n) is 4.08. The molecule has 2 amide bonds. The van der Waals surface area contributed by atoms with Crippen LogP contribution in [0.25, 0.3) is 5.57 Å². The third-order valence-electron chi connectivity index (χ3n) is 5.61. The number of halogens is 1. The Labute approximate surface area is 175 Å². The van der Waals surface area contributed by atoms with E-state index in [1.165, 1.54) is 17.0 Å². The van der Waals surface area contributed by atoms with Gasteiger partial charge in [0.25, 0.3) is 11.8 Å². The van der Waals surface area contributed by atoms with Crippen LogP contribution in [0.5, 0.6) is 5.75 Å². The lowest BCUT2D eigenvalue weighted by atomic mass is 10.0. The van der Waals surface area contributed by atoms with Gasteiger partial charge in [-0.25, -0.2) is 4.39 Å². The van der Waals surface area contributed by atoms with Crippen LogP contribution < -0.4 is 9.64 Å². The zero-order valence-electron chi connectivity index (χ0n) is 17.1. The van der Waals surface area contributed by atoms with Crippen LogP contribution in [0, 0.1) is 5.82 Å². The Kier molecular flexibility index (Phi) is 5.44. The van der Waals surface area contributed by atoms with Crippen molar-refractivity contribution in [2.24, 2.45) is 0 Å². The molecule has 4 rings (SSSR count). The minimum Gasteiger partial charge on any atom is -0.495 e. The van der Waals surface area contributed by atoms with E-state index in [0.29, 0.717) is 49.6 Å². The van der Waals surface area contributed by atoms with Crippen molar-refractivity contribution in [2.45, 2.75) is 6.92 Å². The first-order valence-corrected chi connectivity index (χ1v) is 10.0. The smallest absolute Gasteiger partial charge is 0.277 e. The number of carbonyl (C=O) groups excluding carboxylic acids is 2. The van der Waals surface area contributed by atoms with Crippen molar-refractivity contribution < 1.29 is 18.7 Å². The third-order valence-corrected chi connectivity index (χ3v) is 5.61. The van der Waals surface area contributed by atoms with Gasteiger partial charge in [0.05, 0.1) is 18.4 Å². The van der Waals surface area contributed by atoms with Crippen LogP contribution in [0.2, 0.25) is 0 Å². The van der Waals surface area contributed by atoms with E-state index in [9.17, 15) is 14.0 Å². The second kappa shape index (κ2) is 8.18. The van der Waals surface area contributed by atoms with Crippen molar-refractivity contribution >= 4 is 23.1 Å². The number of para-hydroxylation sites is 2. The second-order valence-electron chi connectivity index (χ2n) is 7.23. The number of anilines is 1. The van der Waals surface area contributed by atoms with Crippen LogP contribution in [0.4, 0.5) is 10.1 Å². The van der Waals surface area contributed by atoms with Crippen LogP contribution in [-0.2, 0) is 9.59 Å². The number of nitrogens with zero attached hydrogens (tertiary/aromatic N) is 3. The molecule has 2 aromatic rings. The number of benzene rings is 2. The predicted molar refractivity (Wildman–Crippen MR) is 112 cm³/mol. The molecule has 2 aliphatic heterocycles. The number of carbonyl (C=O) groups is 2. The van der Waals surface area contributed by atoms with Gasteiger partial charge in [-0.15, -0.1) is 0 Å². The van der Waals surface area contributed by atoms with Crippen molar-refractivity contribution in [3.8, 4) is 5.75 Å². The maximum Gasteiger partial charge on any atom is 0.277 e. The standard InChI is InChI=1S/C23H24FN3O3/c1-3-27-22(28)20(16-8-10-17(24)11-9-16)21(23(27)29)26-14-12-25(13-15-26)18-6-4-5-7-19(18)30-2/h4-11H,3,12-15H2,1-2H3. The molecule has 6 nitrogen and oxygen atoms in total. The number of hydrogen-bond acceptors (Lipinski definition) is 5. The Morgan fingerprint density at radius 1 is 0.900 bits per heavy atom. The van der Waals surface area contributed by atoms with Gasteiger partial charge in [-0.2, -0.15) is 0 Å². The van der Waals surface area contributed by atoms with Gasteiger partial charge < -0.3 is 14.5 Å². The number of amides is 2. The molecule has 0 unspecified atom stereocenters. The molecule has 1 fully saturated rings. The Morgan fingerprint density at radius 3 is 2.17 bits per heavy atom. The van der Waals surface area contributed by atoms with Crippen LogP contribution in [0.3, 0.4) is 0 Å². The normalized spacial score (nSPS) is 17.2. The maximum atomic E-state index is 13.4. The molecule has 0 atom stereocenters. The van der Waals surface area contributed by atoms with Gasteiger partial charge in [0.15, 0.2) is 0 Å². The molecule has 0 N–H and O–H groups in total. The summed E-state index contributed by atoms with van der Waals surface area (Å²) in [6, 6.07) is 13.6. The van der Waals surface area contributed by atoms with Gasteiger partial charge in [0.1, 0.15) is 17.3 Å². The predicted octanol–water partition coefficient (Wildman–Crippen LogP) is 2.76. The largest absolute Gasteiger partial charge is 0.495 e. The second-order valence-corrected chi connectivity index (χ2v) is 7.23. The Morgan fingerprint density at radius 2 is 1.53 bits per heavy atom. The molecule has 0 bridgehead atoms. The van der Waals surface area contributed by atoms with Gasteiger partial charge in [-0.3, -0.25) is 14.5 Å². The van der Waals surface area contributed by atoms with E-state index in [-0.39, 0.29) is 17.6 Å². The van der Waals surface area contributed by atoms with Crippen molar-refractivity contribution in [3.05, 3.63) is 65.6 Å². The first-order chi connectivity index (χ1) is 14.5. The molecule has 0 radical (unpaired) electrons. The van der Waals surface area contributed by atoms with E-state index < -0.39 is 0 Å². The zero-order chi connectivity index (χ0) is 21.3. The number of imide groups is 1. The fourth-order valence-corrected chi connectivity index (χ4v) is 4.08. The first-order valence-electron chi connectivity index (χ1n) is 10.0. The number of piperazine rings is 1. The highest BCUT2D eigenvalue weighted by atomic mass is 19.1. The number of hydrogen-bond donors (Lipinski definition) is 0. The molecule has 0 aliphatic carbocycles. The van der Waals surface area contributed by atoms with E-state index in [1.54, 1.807) is 26.2 Å². The topological polar surface area (TPSA) is 53.1 Å². The van der Waals surface area contributed by atoms with Gasteiger partial charge in [-0.1, -0.05) is 24.3 Å². The summed E-state index contributed by atoms with van der Waals surface area (Å²) in [5.74, 6) is -0.180. The Bertz CT molecular complexity index is 995. The zero-order valence-corrected chi connectivity index (χ0v) is 17.1. The molecule has 30 heavy (non-hydrogen) atoms. The number of ether oxygens (including phenoxy) is 1. The minimum absolute atomic E-state index is 0.285. The highest BCUT2D eigenvalue weighted by Gasteiger charge is 2.41. The number of methoxy groups -OCH3 is 1. The van der Waals surface area contributed by atoms with Gasteiger partial charge >= 0.3 is 0 Å². The van der Waals surface area contributed by atoms with Crippen molar-refractivity contribution in [1.29, 1.82) is 0 Å². The highest BCUT2D eigenvalue weighted by molar-refractivity contribution is 6.35. The van der Waals surface area contributed by atoms with Crippen LogP contribution >= 0.6 is 0 Å². The molecule has 2 aliphatic rings. The summed E-state index contributed by atoms with van der Waals surface area (Å²) in [6.45, 7) is 4.64. The summed E-state index contributed by atoms with van der Waals surface area (Å²) in [7, 11) is 1.65. The molecule has 7 heteroatoms. The van der Waals surface area contributed by atoms with Gasteiger partial charge in [0, 0.05) is 32.7 Å². The molecule has 0 saturated carbocycles. The maximum absolute atomic E-state index is 13.4. The summed E-state index contributed by atoms with van der Waals surface area (Å²) in [6.07, 6.45) is 0. The molecule has 0 spiro atoms. The SMILES string of the molecule is CCN1C(=O)C(c2ccc(F)cc2)=C(N2CCN(c3ccccc3OC)CC2)C1=O. The van der Waals surface area contributed by atoms with Crippen molar-refractivity contribution in [2.75, 3.05) is 44.7 Å². The van der Waals surface area contributed by atoms with E-state index in [0.717, 1.165) is 11.4 Å². The average molecular weight is 409 g/mol. The van der Waals surface area contributed by atoms with Crippen molar-refractivity contribution in [1.82, 2.24) is 9.80 Å². The molecule has 1 saturated heterocycles. The van der Waals surface area contributed by atoms with E-state index >= 15 is 0 Å². The quantitative estimate of drug-likeness (QED) is 0.711. The molecule has 2 aromatic carbocycles. The average Bonchev–Trinajstić information content (AvgIpc) is 3.03. The monoisotopic (exact) mass is 409 g/mol. The lowest BCUT2D eigenvalue weighted by molar-refractivity contribution is -0.137. The highest BCUT2D eigenvalue weighted by Crippen LogP contribution is 2.34. The third kappa shape index (κ3) is 3.40. The van der Waals surface area contributed by atoms with E-state index in [4.69, 9.17) is 4.74 Å². The van der Waals surface area contributed by atoms with Gasteiger partial charge in [-0.05, 0) is 36.8 Å². The number of rotatable bonds is 5. The lowest BCUT2D eigenvalue weighted by Crippen LogP contribution is -2.47. The van der Waals surface area contributed by atoms with Crippen LogP contribution in [0.15, 0.2) is 54.2 Å². The Hall–Kier alpha value is -3.35. The fraction of sp³-hybridized carbons (Fsp3) is 0.304. The van der Waals surface area contributed by atoms with Crippen molar-refractivity contribution in [3.63, 3.8) is 0 Å². The molecule has 2 heterocycles. The number of likely N-dealkylation sites (N-methyl/N-ethyl adjacent to an activating group) is 1. The lowest BCUT2D eigenvalue weighted by Gasteiger charge is -2.38. The minimum atomic E-state index is -0.379. The summed E-state index contributed by atoms with van der Waals surface area (Å²) in [5, 5.41) is 0. The Balaban J connectivity index is 1.63. The summed E-state index contributed by atoms with van der Waals surface area (Å²) < 4.78 is 18.9. The molecule has 156 valence electrons. The molecule has 0 aromatic heterocycles. The molecular formula is C23H24FN3O3. The van der Waals surface area contributed by atoms with Gasteiger partial charge in [0.2, 0.25) is 0 Å². The van der Waals surface area contributed by atoms with Crippen LogP contribution in [-0.4, -0.2) is 61.4 Å². The van der Waals surface area contributed by atoms with E-state index in [2.05, 4.69) is 4.90 Å². The summed E-state index contributed by atoms with van der Waals surface area (Å²) >= 11 is 0. The first kappa shape index (κ1) is 19.9. The van der Waals surface area contributed by atoms with Crippen LogP contribution in [0.1, 0.15) is 12.5 Å². The summed E-state index contributed by atoms with van der Waals surface area (Å²) in [4.78, 5) is 31.4. The summed E-state index contributed by atoms with van der Waals surface area (Å²) in [5.41, 5.74) is 2.34.